The van der Waals surface area contributed by atoms with Crippen LogP contribution in [-0.4, -0.2) is 32.2 Å². The molecule has 2 heterocycles. The first-order valence-electron chi connectivity index (χ1n) is 7.26. The van der Waals surface area contributed by atoms with Crippen molar-refractivity contribution in [1.82, 2.24) is 25.1 Å². The molecule has 0 unspecified atom stereocenters. The van der Waals surface area contributed by atoms with Crippen LogP contribution in [0.3, 0.4) is 0 Å². The average Bonchev–Trinajstić information content (AvgIpc) is 3.11. The fraction of sp³-hybridized carbons (Fsp3) is 0.267. The van der Waals surface area contributed by atoms with Crippen LogP contribution in [0.25, 0.3) is 10.9 Å². The first kappa shape index (κ1) is 15.4. The molecule has 3 rings (SSSR count). The number of carbonyl (C=O) groups excluding carboxylic acids is 1. The van der Waals surface area contributed by atoms with Crippen molar-refractivity contribution < 1.29 is 4.79 Å². The van der Waals surface area contributed by atoms with Gasteiger partial charge < -0.3 is 9.88 Å². The van der Waals surface area contributed by atoms with Crippen LogP contribution >= 0.6 is 11.6 Å². The predicted molar refractivity (Wildman–Crippen MR) is 87.5 cm³/mol. The molecule has 2 aromatic heterocycles. The molecule has 0 spiro atoms. The Hall–Kier alpha value is -2.54. The lowest BCUT2D eigenvalue weighted by atomic mass is 10.2. The number of aromatic nitrogens is 4. The van der Waals surface area contributed by atoms with Gasteiger partial charge in [0.1, 0.15) is 5.82 Å². The highest BCUT2D eigenvalue weighted by atomic mass is 35.5. The number of H-pyrrole nitrogens is 2. The molecule has 0 fully saturated rings. The number of aromatic amines is 2. The van der Waals surface area contributed by atoms with Crippen molar-refractivity contribution in [3.05, 3.63) is 51.8 Å². The Labute approximate surface area is 136 Å². The van der Waals surface area contributed by atoms with Crippen LogP contribution in [0.15, 0.2) is 35.3 Å². The minimum atomic E-state index is -0.342. The second-order valence-corrected chi connectivity index (χ2v) is 5.62. The smallest absolute Gasteiger partial charge is 0.340 e. The van der Waals surface area contributed by atoms with E-state index >= 15 is 0 Å². The largest absolute Gasteiger partial charge is 0.356 e. The van der Waals surface area contributed by atoms with E-state index in [1.807, 2.05) is 35.0 Å². The van der Waals surface area contributed by atoms with E-state index in [1.165, 1.54) is 0 Å². The summed E-state index contributed by atoms with van der Waals surface area (Å²) in [6.07, 6.45) is 2.81. The number of halogens is 1. The maximum Gasteiger partial charge on any atom is 0.340 e. The topological polar surface area (TPSA) is 95.6 Å². The molecule has 0 saturated carbocycles. The van der Waals surface area contributed by atoms with E-state index < -0.39 is 0 Å². The van der Waals surface area contributed by atoms with Crippen LogP contribution in [0.4, 0.5) is 0 Å². The number of aryl methyl sites for hydroxylation is 1. The van der Waals surface area contributed by atoms with Crippen molar-refractivity contribution in [3.8, 4) is 0 Å². The van der Waals surface area contributed by atoms with Crippen LogP contribution in [-0.2, 0) is 17.8 Å². The number of carbonyl (C=O) groups is 1. The third-order valence-electron chi connectivity index (χ3n) is 3.55. The van der Waals surface area contributed by atoms with E-state index in [2.05, 4.69) is 20.5 Å². The number of fused-ring (bicyclic) bond motifs is 1. The molecule has 0 bridgehead atoms. The molecule has 0 radical (unpaired) electrons. The van der Waals surface area contributed by atoms with Crippen LogP contribution in [0, 0.1) is 0 Å². The number of nitrogens with zero attached hydrogens (tertiary/aromatic N) is 2. The van der Waals surface area contributed by atoms with Crippen molar-refractivity contribution in [2.24, 2.45) is 0 Å². The number of amides is 1. The Morgan fingerprint density at radius 2 is 2.22 bits per heavy atom. The lowest BCUT2D eigenvalue weighted by Crippen LogP contribution is -2.26. The van der Waals surface area contributed by atoms with Gasteiger partial charge in [-0.1, -0.05) is 11.6 Å². The fourth-order valence-corrected chi connectivity index (χ4v) is 2.60. The highest BCUT2D eigenvalue weighted by molar-refractivity contribution is 6.31. The Morgan fingerprint density at radius 3 is 3.00 bits per heavy atom. The Bertz CT molecular complexity index is 879. The van der Waals surface area contributed by atoms with Gasteiger partial charge in [-0.15, -0.1) is 0 Å². The third kappa shape index (κ3) is 3.81. The van der Waals surface area contributed by atoms with Gasteiger partial charge in [-0.05, 0) is 24.3 Å². The number of hydrogen-bond donors (Lipinski definition) is 3. The number of nitrogens with one attached hydrogen (secondary N) is 3. The highest BCUT2D eigenvalue weighted by Gasteiger charge is 2.06. The van der Waals surface area contributed by atoms with Crippen molar-refractivity contribution in [3.63, 3.8) is 0 Å². The van der Waals surface area contributed by atoms with E-state index in [9.17, 15) is 9.59 Å². The van der Waals surface area contributed by atoms with E-state index in [4.69, 9.17) is 11.6 Å². The molecular formula is C15H16ClN5O2. The van der Waals surface area contributed by atoms with Crippen LogP contribution in [0.1, 0.15) is 12.2 Å². The molecule has 3 N–H and O–H groups in total. The van der Waals surface area contributed by atoms with Gasteiger partial charge in [0.2, 0.25) is 5.91 Å². The zero-order chi connectivity index (χ0) is 16.2. The van der Waals surface area contributed by atoms with E-state index in [1.54, 1.807) is 0 Å². The lowest BCUT2D eigenvalue weighted by molar-refractivity contribution is -0.121. The van der Waals surface area contributed by atoms with E-state index in [0.29, 0.717) is 36.8 Å². The predicted octanol–water partition coefficient (Wildman–Crippen LogP) is 1.46. The summed E-state index contributed by atoms with van der Waals surface area (Å²) in [7, 11) is 0. The summed E-state index contributed by atoms with van der Waals surface area (Å²) in [5.74, 6) is 0.488. The Morgan fingerprint density at radius 1 is 1.35 bits per heavy atom. The quantitative estimate of drug-likeness (QED) is 0.637. The molecule has 3 aromatic rings. The molecule has 1 amide bonds. The lowest BCUT2D eigenvalue weighted by Gasteiger charge is -2.06. The molecule has 0 aliphatic rings. The first-order valence-corrected chi connectivity index (χ1v) is 7.64. The maximum absolute atomic E-state index is 11.9. The van der Waals surface area contributed by atoms with Gasteiger partial charge in [-0.2, -0.15) is 5.10 Å². The Balaban J connectivity index is 1.49. The molecule has 0 atom stereocenters. The molecule has 120 valence electrons. The third-order valence-corrected chi connectivity index (χ3v) is 3.78. The van der Waals surface area contributed by atoms with Crippen molar-refractivity contribution in [1.29, 1.82) is 0 Å². The molecular weight excluding hydrogens is 318 g/mol. The standard InChI is InChI=1S/C15H16ClN5O2/c16-11-1-2-12-10(9-11)4-7-21(12)8-5-14(22)17-6-3-13-18-15(23)20-19-13/h1-2,4,7,9H,3,5-6,8H2,(H,17,22)(H2,18,19,20,23). The molecule has 0 saturated heterocycles. The van der Waals surface area contributed by atoms with Gasteiger partial charge in [-0.25, -0.2) is 9.89 Å². The summed E-state index contributed by atoms with van der Waals surface area (Å²) in [5, 5.41) is 10.6. The van der Waals surface area contributed by atoms with Crippen LogP contribution in [0.2, 0.25) is 5.02 Å². The second-order valence-electron chi connectivity index (χ2n) is 5.19. The van der Waals surface area contributed by atoms with Gasteiger partial charge in [0.15, 0.2) is 0 Å². The van der Waals surface area contributed by atoms with Crippen molar-refractivity contribution in [2.45, 2.75) is 19.4 Å². The molecule has 7 nitrogen and oxygen atoms in total. The summed E-state index contributed by atoms with van der Waals surface area (Å²) in [6.45, 7) is 1.03. The van der Waals surface area contributed by atoms with E-state index in [0.717, 1.165) is 10.9 Å². The highest BCUT2D eigenvalue weighted by Crippen LogP contribution is 2.20. The monoisotopic (exact) mass is 333 g/mol. The van der Waals surface area contributed by atoms with Gasteiger partial charge in [0.25, 0.3) is 0 Å². The number of hydrogen-bond acceptors (Lipinski definition) is 3. The van der Waals surface area contributed by atoms with Gasteiger partial charge >= 0.3 is 5.69 Å². The first-order chi connectivity index (χ1) is 11.1. The van der Waals surface area contributed by atoms with Gasteiger partial charge in [-0.3, -0.25) is 9.78 Å². The minimum Gasteiger partial charge on any atom is -0.356 e. The van der Waals surface area contributed by atoms with Crippen LogP contribution < -0.4 is 11.0 Å². The Kier molecular flexibility index (Phi) is 4.47. The molecule has 1 aromatic carbocycles. The zero-order valence-corrected chi connectivity index (χ0v) is 13.1. The summed E-state index contributed by atoms with van der Waals surface area (Å²) in [6, 6.07) is 7.67. The van der Waals surface area contributed by atoms with E-state index in [-0.39, 0.29) is 11.6 Å². The summed E-state index contributed by atoms with van der Waals surface area (Å²) in [5.41, 5.74) is 0.710. The van der Waals surface area contributed by atoms with Crippen LogP contribution in [0.5, 0.6) is 0 Å². The molecule has 0 aliphatic carbocycles. The van der Waals surface area contributed by atoms with Gasteiger partial charge in [0, 0.05) is 48.1 Å². The molecule has 8 heteroatoms. The fourth-order valence-electron chi connectivity index (χ4n) is 2.42. The second kappa shape index (κ2) is 6.70. The molecule has 0 aliphatic heterocycles. The normalized spacial score (nSPS) is 11.0. The summed E-state index contributed by atoms with van der Waals surface area (Å²) in [4.78, 5) is 25.3. The average molecular weight is 334 g/mol. The SMILES string of the molecule is O=C(CCn1ccc2cc(Cl)ccc21)NCCc1n[nH]c(=O)[nH]1. The summed E-state index contributed by atoms with van der Waals surface area (Å²) < 4.78 is 2.02. The molecule has 23 heavy (non-hydrogen) atoms. The van der Waals surface area contributed by atoms with Crippen molar-refractivity contribution in [2.75, 3.05) is 6.54 Å². The number of rotatable bonds is 6. The zero-order valence-electron chi connectivity index (χ0n) is 12.3. The van der Waals surface area contributed by atoms with Crippen molar-refractivity contribution >= 4 is 28.4 Å². The van der Waals surface area contributed by atoms with Gasteiger partial charge in [0.05, 0.1) is 0 Å². The number of benzene rings is 1. The minimum absolute atomic E-state index is 0.0429. The summed E-state index contributed by atoms with van der Waals surface area (Å²) >= 11 is 5.96. The maximum atomic E-state index is 11.9.